The summed E-state index contributed by atoms with van der Waals surface area (Å²) >= 11 is 3.46. The molecule has 1 amide bonds. The van der Waals surface area contributed by atoms with E-state index in [4.69, 9.17) is 0 Å². The van der Waals surface area contributed by atoms with E-state index in [-0.39, 0.29) is 5.91 Å². The molecule has 1 aliphatic rings. The summed E-state index contributed by atoms with van der Waals surface area (Å²) in [5.74, 6) is -0.00843. The summed E-state index contributed by atoms with van der Waals surface area (Å²) in [4.78, 5) is 12.6. The van der Waals surface area contributed by atoms with Crippen LogP contribution >= 0.6 is 15.9 Å². The summed E-state index contributed by atoms with van der Waals surface area (Å²) in [5.41, 5.74) is 5.12. The highest BCUT2D eigenvalue weighted by atomic mass is 79.9. The molecule has 1 aromatic heterocycles. The Hall–Kier alpha value is -1.85. The van der Waals surface area contributed by atoms with Crippen LogP contribution in [0.25, 0.3) is 5.69 Å². The minimum Gasteiger partial charge on any atom is -0.348 e. The molecule has 24 heavy (non-hydrogen) atoms. The molecule has 0 saturated carbocycles. The standard InChI is InChI=1S/C19H22BrN3O/c1-13-11-18(19(24)22-12-15-7-9-21-10-8-15)14(2)23(13)17-5-3-16(20)4-6-17/h3-7,11,21H,8-10,12H2,1-2H3,(H,22,24). The molecule has 4 nitrogen and oxygen atoms in total. The van der Waals surface area contributed by atoms with Crippen molar-refractivity contribution in [2.45, 2.75) is 20.3 Å². The molecule has 126 valence electrons. The van der Waals surface area contributed by atoms with Gasteiger partial charge in [-0.3, -0.25) is 4.79 Å². The first-order valence-corrected chi connectivity index (χ1v) is 8.97. The summed E-state index contributed by atoms with van der Waals surface area (Å²) in [6, 6.07) is 10.1. The molecule has 2 aromatic rings. The zero-order valence-electron chi connectivity index (χ0n) is 14.0. The fraction of sp³-hybridized carbons (Fsp3) is 0.316. The van der Waals surface area contributed by atoms with Gasteiger partial charge in [-0.05, 0) is 57.1 Å². The molecule has 0 unspecified atom stereocenters. The molecule has 0 fully saturated rings. The van der Waals surface area contributed by atoms with Crippen LogP contribution in [0.5, 0.6) is 0 Å². The minimum atomic E-state index is -0.00843. The molecule has 5 heteroatoms. The zero-order valence-corrected chi connectivity index (χ0v) is 15.6. The Balaban J connectivity index is 1.79. The molecule has 0 saturated heterocycles. The van der Waals surface area contributed by atoms with E-state index in [1.165, 1.54) is 5.57 Å². The Kier molecular flexibility index (Phi) is 5.21. The number of aromatic nitrogens is 1. The quantitative estimate of drug-likeness (QED) is 0.788. The zero-order chi connectivity index (χ0) is 17.1. The van der Waals surface area contributed by atoms with E-state index in [2.05, 4.69) is 37.2 Å². The first-order chi connectivity index (χ1) is 11.6. The van der Waals surface area contributed by atoms with Crippen molar-refractivity contribution in [3.63, 3.8) is 0 Å². The number of carbonyl (C=O) groups excluding carboxylic acids is 1. The van der Waals surface area contributed by atoms with Crippen LogP contribution in [0.1, 0.15) is 28.2 Å². The summed E-state index contributed by atoms with van der Waals surface area (Å²) in [6.07, 6.45) is 3.16. The van der Waals surface area contributed by atoms with E-state index in [0.717, 1.165) is 46.6 Å². The second-order valence-corrected chi connectivity index (χ2v) is 7.01. The van der Waals surface area contributed by atoms with E-state index >= 15 is 0 Å². The van der Waals surface area contributed by atoms with Gasteiger partial charge in [-0.1, -0.05) is 27.6 Å². The van der Waals surface area contributed by atoms with Crippen LogP contribution in [-0.4, -0.2) is 30.1 Å². The lowest BCUT2D eigenvalue weighted by Gasteiger charge is -2.14. The van der Waals surface area contributed by atoms with Crippen molar-refractivity contribution < 1.29 is 4.79 Å². The van der Waals surface area contributed by atoms with Crippen molar-refractivity contribution >= 4 is 21.8 Å². The average molecular weight is 388 g/mol. The fourth-order valence-electron chi connectivity index (χ4n) is 3.10. The van der Waals surface area contributed by atoms with Crippen molar-refractivity contribution in [3.8, 4) is 5.69 Å². The van der Waals surface area contributed by atoms with Gasteiger partial charge in [0, 0.05) is 34.6 Å². The second-order valence-electron chi connectivity index (χ2n) is 6.10. The Morgan fingerprint density at radius 2 is 2.04 bits per heavy atom. The fourth-order valence-corrected chi connectivity index (χ4v) is 3.36. The van der Waals surface area contributed by atoms with Crippen LogP contribution in [0.3, 0.4) is 0 Å². The van der Waals surface area contributed by atoms with Gasteiger partial charge in [-0.25, -0.2) is 0 Å². The average Bonchev–Trinajstić information content (AvgIpc) is 2.89. The normalized spacial score (nSPS) is 14.4. The van der Waals surface area contributed by atoms with Gasteiger partial charge in [0.1, 0.15) is 0 Å². The van der Waals surface area contributed by atoms with Crippen LogP contribution in [0.15, 0.2) is 46.5 Å². The number of amides is 1. The molecule has 0 radical (unpaired) electrons. The molecular weight excluding hydrogens is 366 g/mol. The molecule has 2 heterocycles. The molecule has 0 aliphatic carbocycles. The number of hydrogen-bond acceptors (Lipinski definition) is 2. The third kappa shape index (κ3) is 3.62. The van der Waals surface area contributed by atoms with E-state index in [1.807, 2.05) is 44.2 Å². The maximum absolute atomic E-state index is 12.6. The number of benzene rings is 1. The first-order valence-electron chi connectivity index (χ1n) is 8.18. The van der Waals surface area contributed by atoms with E-state index in [1.54, 1.807) is 0 Å². The molecule has 2 N–H and O–H groups in total. The Bertz CT molecular complexity index is 775. The maximum atomic E-state index is 12.6. The highest BCUT2D eigenvalue weighted by molar-refractivity contribution is 9.10. The smallest absolute Gasteiger partial charge is 0.253 e. The monoisotopic (exact) mass is 387 g/mol. The van der Waals surface area contributed by atoms with Crippen LogP contribution in [0, 0.1) is 13.8 Å². The number of rotatable bonds is 4. The molecular formula is C19H22BrN3O. The van der Waals surface area contributed by atoms with Gasteiger partial charge in [0.05, 0.1) is 5.56 Å². The Morgan fingerprint density at radius 1 is 1.29 bits per heavy atom. The Labute approximate surface area is 151 Å². The lowest BCUT2D eigenvalue weighted by Crippen LogP contribution is -2.29. The highest BCUT2D eigenvalue weighted by Crippen LogP contribution is 2.22. The van der Waals surface area contributed by atoms with Crippen LogP contribution in [-0.2, 0) is 0 Å². The topological polar surface area (TPSA) is 46.1 Å². The molecule has 0 spiro atoms. The lowest BCUT2D eigenvalue weighted by atomic mass is 10.1. The summed E-state index contributed by atoms with van der Waals surface area (Å²) in [7, 11) is 0. The third-order valence-corrected chi connectivity index (χ3v) is 4.92. The van der Waals surface area contributed by atoms with Crippen molar-refractivity contribution in [3.05, 3.63) is 63.4 Å². The summed E-state index contributed by atoms with van der Waals surface area (Å²) < 4.78 is 3.16. The molecule has 0 atom stereocenters. The van der Waals surface area contributed by atoms with Crippen molar-refractivity contribution in [2.75, 3.05) is 19.6 Å². The van der Waals surface area contributed by atoms with Gasteiger partial charge in [-0.2, -0.15) is 0 Å². The van der Waals surface area contributed by atoms with Crippen LogP contribution < -0.4 is 10.6 Å². The van der Waals surface area contributed by atoms with Crippen molar-refractivity contribution in [2.24, 2.45) is 0 Å². The first kappa shape index (κ1) is 17.0. The second kappa shape index (κ2) is 7.36. The number of hydrogen-bond donors (Lipinski definition) is 2. The number of carbonyl (C=O) groups is 1. The van der Waals surface area contributed by atoms with Gasteiger partial charge in [0.15, 0.2) is 0 Å². The Morgan fingerprint density at radius 3 is 2.71 bits per heavy atom. The van der Waals surface area contributed by atoms with Gasteiger partial charge in [-0.15, -0.1) is 0 Å². The van der Waals surface area contributed by atoms with E-state index < -0.39 is 0 Å². The van der Waals surface area contributed by atoms with E-state index in [9.17, 15) is 4.79 Å². The summed E-state index contributed by atoms with van der Waals surface area (Å²) in [6.45, 7) is 6.53. The van der Waals surface area contributed by atoms with Crippen LogP contribution in [0.4, 0.5) is 0 Å². The number of nitrogens with one attached hydrogen (secondary N) is 2. The van der Waals surface area contributed by atoms with Gasteiger partial charge in [0.2, 0.25) is 0 Å². The SMILES string of the molecule is Cc1cc(C(=O)NCC2=CCNCC2)c(C)n1-c1ccc(Br)cc1. The predicted octanol–water partition coefficient (Wildman–Crippen LogP) is 3.51. The molecule has 3 rings (SSSR count). The maximum Gasteiger partial charge on any atom is 0.253 e. The lowest BCUT2D eigenvalue weighted by molar-refractivity contribution is 0.0956. The summed E-state index contributed by atoms with van der Waals surface area (Å²) in [5, 5.41) is 6.34. The van der Waals surface area contributed by atoms with Gasteiger partial charge >= 0.3 is 0 Å². The predicted molar refractivity (Wildman–Crippen MR) is 101 cm³/mol. The number of aryl methyl sites for hydroxylation is 1. The third-order valence-electron chi connectivity index (χ3n) is 4.39. The van der Waals surface area contributed by atoms with E-state index in [0.29, 0.717) is 6.54 Å². The van der Waals surface area contributed by atoms with Crippen molar-refractivity contribution in [1.82, 2.24) is 15.2 Å². The van der Waals surface area contributed by atoms with Crippen molar-refractivity contribution in [1.29, 1.82) is 0 Å². The minimum absolute atomic E-state index is 0.00843. The highest BCUT2D eigenvalue weighted by Gasteiger charge is 2.17. The molecule has 0 bridgehead atoms. The number of halogens is 1. The number of nitrogens with zero attached hydrogens (tertiary/aromatic N) is 1. The van der Waals surface area contributed by atoms with Gasteiger partial charge in [0.25, 0.3) is 5.91 Å². The molecule has 1 aliphatic heterocycles. The van der Waals surface area contributed by atoms with Gasteiger partial charge < -0.3 is 15.2 Å². The largest absolute Gasteiger partial charge is 0.348 e. The van der Waals surface area contributed by atoms with Crippen LogP contribution in [0.2, 0.25) is 0 Å². The molecule has 1 aromatic carbocycles.